The summed E-state index contributed by atoms with van der Waals surface area (Å²) >= 11 is 1.19. The molecule has 0 bridgehead atoms. The van der Waals surface area contributed by atoms with Crippen LogP contribution in [0.3, 0.4) is 0 Å². The number of carbonyl (C=O) groups is 1. The molecule has 2 N–H and O–H groups in total. The molecule has 0 amide bonds. The Labute approximate surface area is 98.0 Å². The smallest absolute Gasteiger partial charge is 0.345 e. The number of aromatic carboxylic acids is 1. The van der Waals surface area contributed by atoms with Gasteiger partial charge in [0.25, 0.3) is 0 Å². The van der Waals surface area contributed by atoms with Crippen LogP contribution in [0.15, 0.2) is 12.1 Å². The first-order valence-corrected chi connectivity index (χ1v) is 7.46. The molecule has 0 aliphatic heterocycles. The molecule has 0 saturated carbocycles. The van der Waals surface area contributed by atoms with Gasteiger partial charge < -0.3 is 10.4 Å². The van der Waals surface area contributed by atoms with Crippen LogP contribution in [-0.4, -0.2) is 38.0 Å². The van der Waals surface area contributed by atoms with Crippen LogP contribution in [0.2, 0.25) is 0 Å². The summed E-state index contributed by atoms with van der Waals surface area (Å²) < 4.78 is 21.6. The van der Waals surface area contributed by atoms with Gasteiger partial charge in [0, 0.05) is 24.2 Å². The van der Waals surface area contributed by atoms with Gasteiger partial charge in [0.1, 0.15) is 14.7 Å². The molecule has 7 heteroatoms. The second-order valence-electron chi connectivity index (χ2n) is 3.38. The molecule has 0 aromatic carbocycles. The highest BCUT2D eigenvalue weighted by molar-refractivity contribution is 7.90. The molecule has 0 saturated heterocycles. The van der Waals surface area contributed by atoms with Gasteiger partial charge >= 0.3 is 5.97 Å². The minimum absolute atomic E-state index is 0.0875. The predicted octanol–water partition coefficient (Wildman–Crippen LogP) is 0.581. The molecule has 0 aliphatic rings. The van der Waals surface area contributed by atoms with E-state index in [1.807, 2.05) is 0 Å². The van der Waals surface area contributed by atoms with Crippen molar-refractivity contribution in [2.45, 2.75) is 6.54 Å². The lowest BCUT2D eigenvalue weighted by molar-refractivity contribution is 0.0702. The summed E-state index contributed by atoms with van der Waals surface area (Å²) in [6, 6.07) is 3.27. The van der Waals surface area contributed by atoms with Gasteiger partial charge in [-0.25, -0.2) is 13.2 Å². The van der Waals surface area contributed by atoms with Crippen molar-refractivity contribution in [3.05, 3.63) is 21.9 Å². The zero-order valence-electron chi connectivity index (χ0n) is 8.76. The fourth-order valence-corrected chi connectivity index (χ4v) is 2.39. The third-order valence-electron chi connectivity index (χ3n) is 1.82. The molecule has 0 unspecified atom stereocenters. The lowest BCUT2D eigenvalue weighted by Crippen LogP contribution is -2.21. The van der Waals surface area contributed by atoms with Gasteiger partial charge in [-0.3, -0.25) is 0 Å². The van der Waals surface area contributed by atoms with Crippen LogP contribution in [0.5, 0.6) is 0 Å². The third kappa shape index (κ3) is 4.73. The van der Waals surface area contributed by atoms with Crippen molar-refractivity contribution in [1.29, 1.82) is 0 Å². The van der Waals surface area contributed by atoms with Crippen LogP contribution in [0, 0.1) is 0 Å². The Hall–Kier alpha value is -0.920. The average molecular weight is 263 g/mol. The van der Waals surface area contributed by atoms with Crippen LogP contribution in [0.25, 0.3) is 0 Å². The maximum atomic E-state index is 10.8. The molecule has 0 radical (unpaired) electrons. The van der Waals surface area contributed by atoms with Gasteiger partial charge in [0.2, 0.25) is 0 Å². The van der Waals surface area contributed by atoms with Crippen LogP contribution in [0.4, 0.5) is 0 Å². The molecule has 1 rings (SSSR count). The fourth-order valence-electron chi connectivity index (χ4n) is 1.06. The molecule has 0 fully saturated rings. The van der Waals surface area contributed by atoms with E-state index in [1.165, 1.54) is 17.6 Å². The van der Waals surface area contributed by atoms with Crippen molar-refractivity contribution in [3.8, 4) is 0 Å². The maximum absolute atomic E-state index is 10.8. The van der Waals surface area contributed by atoms with Gasteiger partial charge in [0.05, 0.1) is 5.75 Å². The topological polar surface area (TPSA) is 83.5 Å². The van der Waals surface area contributed by atoms with Crippen molar-refractivity contribution >= 4 is 27.1 Å². The van der Waals surface area contributed by atoms with E-state index in [9.17, 15) is 13.2 Å². The largest absolute Gasteiger partial charge is 0.477 e. The standard InChI is InChI=1S/C9H13NO4S2/c1-16(13,14)5-4-10-6-7-2-3-8(15-7)9(11)12/h2-3,10H,4-6H2,1H3,(H,11,12). The molecule has 90 valence electrons. The highest BCUT2D eigenvalue weighted by atomic mass is 32.2. The number of nitrogens with one attached hydrogen (secondary N) is 1. The summed E-state index contributed by atoms with van der Waals surface area (Å²) in [5, 5.41) is 11.6. The number of carboxylic acids is 1. The first-order valence-electron chi connectivity index (χ1n) is 4.59. The van der Waals surface area contributed by atoms with Gasteiger partial charge in [-0.1, -0.05) is 0 Å². The molecule has 0 atom stereocenters. The van der Waals surface area contributed by atoms with Crippen LogP contribution < -0.4 is 5.32 Å². The minimum Gasteiger partial charge on any atom is -0.477 e. The molecule has 0 spiro atoms. The van der Waals surface area contributed by atoms with E-state index < -0.39 is 15.8 Å². The van der Waals surface area contributed by atoms with E-state index in [4.69, 9.17) is 5.11 Å². The van der Waals surface area contributed by atoms with Crippen LogP contribution in [0.1, 0.15) is 14.5 Å². The number of hydrogen-bond acceptors (Lipinski definition) is 5. The third-order valence-corrected chi connectivity index (χ3v) is 3.84. The van der Waals surface area contributed by atoms with Gasteiger partial charge in [0.15, 0.2) is 0 Å². The summed E-state index contributed by atoms with van der Waals surface area (Å²) in [6.45, 7) is 0.868. The Balaban J connectivity index is 2.35. The van der Waals surface area contributed by atoms with Crippen molar-refractivity contribution in [3.63, 3.8) is 0 Å². The predicted molar refractivity (Wildman–Crippen MR) is 62.7 cm³/mol. The summed E-state index contributed by atoms with van der Waals surface area (Å²) in [5.41, 5.74) is 0. The molecule has 0 aliphatic carbocycles. The van der Waals surface area contributed by atoms with Crippen molar-refractivity contribution in [2.75, 3.05) is 18.6 Å². The molecule has 5 nitrogen and oxygen atoms in total. The van der Waals surface area contributed by atoms with E-state index in [0.29, 0.717) is 18.0 Å². The zero-order valence-corrected chi connectivity index (χ0v) is 10.4. The van der Waals surface area contributed by atoms with Crippen LogP contribution in [-0.2, 0) is 16.4 Å². The second kappa shape index (κ2) is 5.42. The first-order chi connectivity index (χ1) is 7.38. The summed E-state index contributed by atoms with van der Waals surface area (Å²) in [6.07, 6.45) is 1.18. The Bertz CT molecular complexity index is 464. The molecule has 16 heavy (non-hydrogen) atoms. The number of rotatable bonds is 6. The number of thiophene rings is 1. The highest BCUT2D eigenvalue weighted by Gasteiger charge is 2.06. The quantitative estimate of drug-likeness (QED) is 0.734. The van der Waals surface area contributed by atoms with E-state index in [-0.39, 0.29) is 5.75 Å². The Kier molecular flexibility index (Phi) is 4.45. The molecular formula is C9H13NO4S2. The van der Waals surface area contributed by atoms with Gasteiger partial charge in [-0.15, -0.1) is 11.3 Å². The molecular weight excluding hydrogens is 250 g/mol. The van der Waals surface area contributed by atoms with Crippen molar-refractivity contribution in [2.24, 2.45) is 0 Å². The lowest BCUT2D eigenvalue weighted by atomic mass is 10.4. The monoisotopic (exact) mass is 263 g/mol. The SMILES string of the molecule is CS(=O)(=O)CCNCc1ccc(C(=O)O)s1. The van der Waals surface area contributed by atoms with E-state index in [1.54, 1.807) is 12.1 Å². The summed E-state index contributed by atoms with van der Waals surface area (Å²) in [7, 11) is -2.94. The number of sulfone groups is 1. The number of hydrogen-bond donors (Lipinski definition) is 2. The molecule has 1 aromatic rings. The maximum Gasteiger partial charge on any atom is 0.345 e. The first kappa shape index (κ1) is 13.1. The van der Waals surface area contributed by atoms with Crippen molar-refractivity contribution in [1.82, 2.24) is 5.32 Å². The second-order valence-corrected chi connectivity index (χ2v) is 6.81. The van der Waals surface area contributed by atoms with E-state index in [0.717, 1.165) is 4.88 Å². The number of carboxylic acid groups (broad SMARTS) is 1. The highest BCUT2D eigenvalue weighted by Crippen LogP contribution is 2.15. The van der Waals surface area contributed by atoms with E-state index in [2.05, 4.69) is 5.32 Å². The fraction of sp³-hybridized carbons (Fsp3) is 0.444. The van der Waals surface area contributed by atoms with E-state index >= 15 is 0 Å². The summed E-state index contributed by atoms with van der Waals surface area (Å²) in [5.74, 6) is -0.850. The summed E-state index contributed by atoms with van der Waals surface area (Å²) in [4.78, 5) is 11.8. The van der Waals surface area contributed by atoms with Gasteiger partial charge in [-0.2, -0.15) is 0 Å². The zero-order chi connectivity index (χ0) is 12.2. The minimum atomic E-state index is -2.94. The van der Waals surface area contributed by atoms with Crippen LogP contribution >= 0.6 is 11.3 Å². The Morgan fingerprint density at radius 1 is 1.50 bits per heavy atom. The normalized spacial score (nSPS) is 11.6. The molecule has 1 aromatic heterocycles. The Morgan fingerprint density at radius 3 is 2.69 bits per heavy atom. The molecule has 1 heterocycles. The van der Waals surface area contributed by atoms with Crippen molar-refractivity contribution < 1.29 is 18.3 Å². The lowest BCUT2D eigenvalue weighted by Gasteiger charge is -2.00. The Morgan fingerprint density at radius 2 is 2.19 bits per heavy atom. The van der Waals surface area contributed by atoms with Gasteiger partial charge in [-0.05, 0) is 12.1 Å². The average Bonchev–Trinajstić information content (AvgIpc) is 2.59.